The van der Waals surface area contributed by atoms with E-state index in [-0.39, 0.29) is 32.7 Å². The van der Waals surface area contributed by atoms with E-state index in [4.69, 9.17) is 5.11 Å². The molecule has 112 valence electrons. The van der Waals surface area contributed by atoms with Gasteiger partial charge in [-0.15, -0.1) is 0 Å². The van der Waals surface area contributed by atoms with Gasteiger partial charge in [0.1, 0.15) is 0 Å². The number of hydrogen-bond acceptors (Lipinski definition) is 3. The maximum Gasteiger partial charge on any atom is 0.404 e. The van der Waals surface area contributed by atoms with Crippen LogP contribution in [0.1, 0.15) is 25.7 Å². The molecule has 0 aromatic heterocycles. The van der Waals surface area contributed by atoms with Crippen molar-refractivity contribution in [3.05, 3.63) is 0 Å². The van der Waals surface area contributed by atoms with Gasteiger partial charge in [-0.05, 0) is 32.2 Å². The van der Waals surface area contributed by atoms with Crippen LogP contribution in [0.4, 0.5) is 13.2 Å². The summed E-state index contributed by atoms with van der Waals surface area (Å²) in [7, 11) is 1.41. The third-order valence-electron chi connectivity index (χ3n) is 3.61. The lowest BCUT2D eigenvalue weighted by molar-refractivity contribution is -0.221. The van der Waals surface area contributed by atoms with Crippen molar-refractivity contribution in [1.82, 2.24) is 10.2 Å². The minimum Gasteiger partial charge on any atom is -0.396 e. The molecule has 1 rings (SSSR count). The Labute approximate surface area is 111 Å². The van der Waals surface area contributed by atoms with Gasteiger partial charge in [-0.2, -0.15) is 13.2 Å². The normalized spacial score (nSPS) is 23.6. The summed E-state index contributed by atoms with van der Waals surface area (Å²) in [5, 5.41) is 11.3. The summed E-state index contributed by atoms with van der Waals surface area (Å²) in [5.74, 6) is -0.853. The maximum absolute atomic E-state index is 13.1. The summed E-state index contributed by atoms with van der Waals surface area (Å²) >= 11 is 0. The third kappa shape index (κ3) is 3.60. The lowest BCUT2D eigenvalue weighted by Gasteiger charge is -2.33. The summed E-state index contributed by atoms with van der Waals surface area (Å²) in [4.78, 5) is 13.3. The summed E-state index contributed by atoms with van der Waals surface area (Å²) < 4.78 is 39.4. The number of unbranched alkanes of at least 4 members (excludes halogenated alkanes) is 2. The van der Waals surface area contributed by atoms with E-state index in [0.717, 1.165) is 4.90 Å². The van der Waals surface area contributed by atoms with Gasteiger partial charge in [-0.25, -0.2) is 0 Å². The molecule has 1 amide bonds. The molecule has 1 heterocycles. The molecule has 1 unspecified atom stereocenters. The van der Waals surface area contributed by atoms with Crippen LogP contribution in [0.3, 0.4) is 0 Å². The van der Waals surface area contributed by atoms with E-state index < -0.39 is 17.5 Å². The molecule has 0 saturated carbocycles. The molecule has 1 aliphatic heterocycles. The van der Waals surface area contributed by atoms with E-state index in [1.165, 1.54) is 7.05 Å². The second-order valence-corrected chi connectivity index (χ2v) is 5.02. The number of rotatable bonds is 6. The monoisotopic (exact) mass is 282 g/mol. The first-order valence-corrected chi connectivity index (χ1v) is 6.49. The van der Waals surface area contributed by atoms with Crippen LogP contribution in [0.25, 0.3) is 0 Å². The number of halogens is 3. The van der Waals surface area contributed by atoms with E-state index in [2.05, 4.69) is 5.32 Å². The molecule has 1 atom stereocenters. The van der Waals surface area contributed by atoms with E-state index in [1.54, 1.807) is 0 Å². The molecule has 4 nitrogen and oxygen atoms in total. The van der Waals surface area contributed by atoms with Crippen LogP contribution in [0.5, 0.6) is 0 Å². The molecule has 19 heavy (non-hydrogen) atoms. The first kappa shape index (κ1) is 16.2. The van der Waals surface area contributed by atoms with Crippen molar-refractivity contribution in [2.45, 2.75) is 31.9 Å². The number of aliphatic hydroxyl groups excluding tert-OH is 1. The zero-order valence-corrected chi connectivity index (χ0v) is 11.1. The van der Waals surface area contributed by atoms with Crippen LogP contribution in [0.15, 0.2) is 0 Å². The van der Waals surface area contributed by atoms with Crippen LogP contribution in [-0.2, 0) is 4.79 Å². The van der Waals surface area contributed by atoms with Crippen molar-refractivity contribution in [3.63, 3.8) is 0 Å². The van der Waals surface area contributed by atoms with Crippen molar-refractivity contribution in [1.29, 1.82) is 0 Å². The number of carbonyl (C=O) groups excluding carboxylic acids is 1. The second-order valence-electron chi connectivity index (χ2n) is 5.02. The summed E-state index contributed by atoms with van der Waals surface area (Å²) in [6, 6.07) is 0. The molecule has 0 spiro atoms. The number of nitrogens with zero attached hydrogens (tertiary/aromatic N) is 1. The first-order valence-electron chi connectivity index (χ1n) is 6.49. The van der Waals surface area contributed by atoms with E-state index in [1.807, 2.05) is 0 Å². The minimum atomic E-state index is -4.52. The fourth-order valence-electron chi connectivity index (χ4n) is 2.34. The number of hydrogen-bond donors (Lipinski definition) is 2. The van der Waals surface area contributed by atoms with E-state index >= 15 is 0 Å². The van der Waals surface area contributed by atoms with Crippen molar-refractivity contribution in [3.8, 4) is 0 Å². The Hall–Kier alpha value is -0.820. The fraction of sp³-hybridized carbons (Fsp3) is 0.917. The zero-order chi connectivity index (χ0) is 14.5. The van der Waals surface area contributed by atoms with Gasteiger partial charge in [0.25, 0.3) is 0 Å². The first-order chi connectivity index (χ1) is 8.85. The summed E-state index contributed by atoms with van der Waals surface area (Å²) in [6.45, 7) is 0.227. The molecule has 0 bridgehead atoms. The van der Waals surface area contributed by atoms with Gasteiger partial charge >= 0.3 is 6.18 Å². The Morgan fingerprint density at radius 3 is 2.53 bits per heavy atom. The highest BCUT2D eigenvalue weighted by Crippen LogP contribution is 2.44. The van der Waals surface area contributed by atoms with E-state index in [0.29, 0.717) is 19.3 Å². The number of alkyl halides is 3. The topological polar surface area (TPSA) is 52.6 Å². The molecule has 0 aliphatic carbocycles. The van der Waals surface area contributed by atoms with Gasteiger partial charge in [0, 0.05) is 26.7 Å². The van der Waals surface area contributed by atoms with Crippen molar-refractivity contribution in [2.24, 2.45) is 5.41 Å². The molecule has 0 radical (unpaired) electrons. The smallest absolute Gasteiger partial charge is 0.396 e. The van der Waals surface area contributed by atoms with E-state index in [9.17, 15) is 18.0 Å². The van der Waals surface area contributed by atoms with Crippen molar-refractivity contribution >= 4 is 5.91 Å². The van der Waals surface area contributed by atoms with Gasteiger partial charge < -0.3 is 15.3 Å². The van der Waals surface area contributed by atoms with Crippen molar-refractivity contribution in [2.75, 3.05) is 33.3 Å². The Morgan fingerprint density at radius 2 is 2.05 bits per heavy atom. The maximum atomic E-state index is 13.1. The van der Waals surface area contributed by atoms with Gasteiger partial charge in [-0.1, -0.05) is 0 Å². The quantitative estimate of drug-likeness (QED) is 0.719. The Bertz CT molecular complexity index is 302. The third-order valence-corrected chi connectivity index (χ3v) is 3.61. The van der Waals surface area contributed by atoms with Gasteiger partial charge in [0.05, 0.1) is 0 Å². The molecular formula is C12H21F3N2O2. The number of carbonyl (C=O) groups is 1. The average molecular weight is 282 g/mol. The molecule has 2 N–H and O–H groups in total. The number of amides is 1. The lowest BCUT2D eigenvalue weighted by Crippen LogP contribution is -2.52. The Kier molecular flexibility index (Phi) is 5.61. The number of nitrogens with one attached hydrogen (secondary N) is 1. The van der Waals surface area contributed by atoms with Crippen molar-refractivity contribution < 1.29 is 23.1 Å². The molecule has 0 aromatic carbocycles. The summed E-state index contributed by atoms with van der Waals surface area (Å²) in [6.07, 6.45) is -2.81. The van der Waals surface area contributed by atoms with Gasteiger partial charge in [0.2, 0.25) is 5.91 Å². The highest BCUT2D eigenvalue weighted by atomic mass is 19.4. The molecule has 1 saturated heterocycles. The number of aliphatic hydroxyl groups is 1. The molecule has 1 aliphatic rings. The second kappa shape index (κ2) is 6.56. The van der Waals surface area contributed by atoms with Crippen LogP contribution < -0.4 is 5.32 Å². The molecule has 7 heteroatoms. The standard InChI is InChI=1S/C12H21F3N2O2/c1-17(7-3-2-4-8-18)10(19)11(12(13,14)15)5-6-16-9-11/h16,18H,2-9H2,1H3. The zero-order valence-electron chi connectivity index (χ0n) is 11.1. The molecule has 0 aromatic rings. The Balaban J connectivity index is 2.62. The fourth-order valence-corrected chi connectivity index (χ4v) is 2.34. The van der Waals surface area contributed by atoms with Crippen LogP contribution >= 0.6 is 0 Å². The predicted molar refractivity (Wildman–Crippen MR) is 64.5 cm³/mol. The van der Waals surface area contributed by atoms with Gasteiger partial charge in [0.15, 0.2) is 5.41 Å². The average Bonchev–Trinajstić information content (AvgIpc) is 2.83. The van der Waals surface area contributed by atoms with Gasteiger partial charge in [-0.3, -0.25) is 4.79 Å². The minimum absolute atomic E-state index is 0.0636. The highest BCUT2D eigenvalue weighted by molar-refractivity contribution is 5.84. The van der Waals surface area contributed by atoms with Crippen LogP contribution in [0, 0.1) is 5.41 Å². The lowest BCUT2D eigenvalue weighted by atomic mass is 9.84. The largest absolute Gasteiger partial charge is 0.404 e. The highest BCUT2D eigenvalue weighted by Gasteiger charge is 2.62. The summed E-state index contributed by atoms with van der Waals surface area (Å²) in [5.41, 5.74) is -2.27. The predicted octanol–water partition coefficient (Wildman–Crippen LogP) is 1.15. The van der Waals surface area contributed by atoms with Crippen LogP contribution in [0.2, 0.25) is 0 Å². The Morgan fingerprint density at radius 1 is 1.37 bits per heavy atom. The molecule has 1 fully saturated rings. The SMILES string of the molecule is CN(CCCCCO)C(=O)C1(C(F)(F)F)CCNC1. The molecular weight excluding hydrogens is 261 g/mol. The van der Waals surface area contributed by atoms with Crippen LogP contribution in [-0.4, -0.2) is 55.4 Å².